The number of pyridine rings is 1. The van der Waals surface area contributed by atoms with Crippen LogP contribution in [-0.4, -0.2) is 22.3 Å². The number of fused-ring (bicyclic) bond motifs is 1. The lowest BCUT2D eigenvalue weighted by Crippen LogP contribution is -1.89. The Morgan fingerprint density at radius 3 is 2.56 bits per heavy atom. The highest BCUT2D eigenvalue weighted by Crippen LogP contribution is 2.32. The third kappa shape index (κ3) is 2.85. The van der Waals surface area contributed by atoms with Crippen molar-refractivity contribution < 1.29 is 9.47 Å². The van der Waals surface area contributed by atoms with E-state index in [0.29, 0.717) is 5.82 Å². The summed E-state index contributed by atoms with van der Waals surface area (Å²) in [5.41, 5.74) is 8.70. The zero-order valence-corrected chi connectivity index (χ0v) is 13.6. The normalized spacial score (nSPS) is 10.8. The van der Waals surface area contributed by atoms with E-state index in [1.165, 1.54) is 0 Å². The van der Waals surface area contributed by atoms with Crippen LogP contribution in [0.5, 0.6) is 17.2 Å². The topological polar surface area (TPSA) is 86.0 Å². The molecule has 0 atom stereocenters. The van der Waals surface area contributed by atoms with Crippen molar-refractivity contribution in [3.05, 3.63) is 60.9 Å². The average Bonchev–Trinajstić information content (AvgIpc) is 3.04. The molecule has 0 amide bonds. The molecule has 0 aliphatic rings. The van der Waals surface area contributed by atoms with E-state index in [2.05, 4.69) is 15.2 Å². The first-order chi connectivity index (χ1) is 12.2. The van der Waals surface area contributed by atoms with Gasteiger partial charge in [0.2, 0.25) is 0 Å². The van der Waals surface area contributed by atoms with Crippen LogP contribution in [0, 0.1) is 0 Å². The molecule has 0 spiro atoms. The number of nitrogen functional groups attached to an aromatic ring is 1. The second kappa shape index (κ2) is 6.16. The number of benzene rings is 2. The van der Waals surface area contributed by atoms with Gasteiger partial charge in [-0.15, -0.1) is 0 Å². The Hall–Kier alpha value is -3.54. The van der Waals surface area contributed by atoms with Crippen molar-refractivity contribution >= 4 is 16.7 Å². The predicted octanol–water partition coefficient (Wildman–Crippen LogP) is 4.01. The van der Waals surface area contributed by atoms with Crippen LogP contribution in [0.15, 0.2) is 60.9 Å². The number of anilines is 1. The van der Waals surface area contributed by atoms with Crippen LogP contribution in [0.25, 0.3) is 22.0 Å². The van der Waals surface area contributed by atoms with Gasteiger partial charge in [-0.2, -0.15) is 5.10 Å². The van der Waals surface area contributed by atoms with E-state index in [4.69, 9.17) is 15.2 Å². The molecule has 0 aliphatic carbocycles. The molecule has 2 aromatic heterocycles. The fourth-order valence-electron chi connectivity index (χ4n) is 2.72. The maximum atomic E-state index is 5.97. The Kier molecular flexibility index (Phi) is 3.70. The van der Waals surface area contributed by atoms with Gasteiger partial charge in [-0.3, -0.25) is 10.1 Å². The van der Waals surface area contributed by atoms with Gasteiger partial charge < -0.3 is 15.2 Å². The Bertz CT molecular complexity index is 1030. The van der Waals surface area contributed by atoms with Crippen LogP contribution in [0.1, 0.15) is 0 Å². The molecule has 6 nitrogen and oxygen atoms in total. The zero-order valence-electron chi connectivity index (χ0n) is 13.6. The van der Waals surface area contributed by atoms with Gasteiger partial charge in [0.1, 0.15) is 17.2 Å². The van der Waals surface area contributed by atoms with Crippen molar-refractivity contribution in [2.24, 2.45) is 0 Å². The lowest BCUT2D eigenvalue weighted by molar-refractivity contribution is 0.409. The van der Waals surface area contributed by atoms with E-state index >= 15 is 0 Å². The molecule has 0 radical (unpaired) electrons. The summed E-state index contributed by atoms with van der Waals surface area (Å²) in [6.45, 7) is 0. The number of aromatic nitrogens is 3. The summed E-state index contributed by atoms with van der Waals surface area (Å²) in [4.78, 5) is 4.24. The molecule has 6 heteroatoms. The molecule has 0 saturated heterocycles. The molecule has 0 fully saturated rings. The van der Waals surface area contributed by atoms with Crippen molar-refractivity contribution in [2.45, 2.75) is 0 Å². The van der Waals surface area contributed by atoms with Gasteiger partial charge >= 0.3 is 0 Å². The van der Waals surface area contributed by atoms with Crippen LogP contribution in [0.2, 0.25) is 0 Å². The smallest absolute Gasteiger partial charge is 0.153 e. The summed E-state index contributed by atoms with van der Waals surface area (Å²) in [5.74, 6) is 2.67. The highest BCUT2D eigenvalue weighted by molar-refractivity contribution is 6.00. The summed E-state index contributed by atoms with van der Waals surface area (Å²) >= 11 is 0. The maximum Gasteiger partial charge on any atom is 0.153 e. The largest absolute Gasteiger partial charge is 0.497 e. The molecular formula is C19H16N4O2. The molecule has 0 bridgehead atoms. The first-order valence-corrected chi connectivity index (χ1v) is 7.74. The van der Waals surface area contributed by atoms with E-state index in [1.807, 2.05) is 48.5 Å². The number of nitrogens with zero attached hydrogens (tertiary/aromatic N) is 2. The number of ether oxygens (including phenoxy) is 2. The number of nitrogens with two attached hydrogens (primary N) is 1. The summed E-state index contributed by atoms with van der Waals surface area (Å²) < 4.78 is 11.1. The Morgan fingerprint density at radius 2 is 1.76 bits per heavy atom. The molecule has 25 heavy (non-hydrogen) atoms. The van der Waals surface area contributed by atoms with Gasteiger partial charge in [0, 0.05) is 17.8 Å². The van der Waals surface area contributed by atoms with E-state index in [0.717, 1.165) is 39.3 Å². The summed E-state index contributed by atoms with van der Waals surface area (Å²) in [7, 11) is 1.63. The second-order valence-electron chi connectivity index (χ2n) is 5.52. The minimum absolute atomic E-state index is 0.462. The Balaban J connectivity index is 1.64. The molecule has 4 aromatic rings. The number of hydrogen-bond donors (Lipinski definition) is 2. The van der Waals surface area contributed by atoms with Crippen LogP contribution < -0.4 is 15.2 Å². The number of hydrogen-bond acceptors (Lipinski definition) is 5. The highest BCUT2D eigenvalue weighted by Gasteiger charge is 2.10. The lowest BCUT2D eigenvalue weighted by Gasteiger charge is -2.09. The van der Waals surface area contributed by atoms with Crippen LogP contribution in [0.3, 0.4) is 0 Å². The van der Waals surface area contributed by atoms with Gasteiger partial charge in [-0.1, -0.05) is 18.2 Å². The van der Waals surface area contributed by atoms with E-state index in [9.17, 15) is 0 Å². The summed E-state index contributed by atoms with van der Waals surface area (Å²) in [6.07, 6.45) is 3.49. The Morgan fingerprint density at radius 1 is 0.960 bits per heavy atom. The van der Waals surface area contributed by atoms with Crippen LogP contribution in [0.4, 0.5) is 5.82 Å². The van der Waals surface area contributed by atoms with Gasteiger partial charge in [-0.05, 0) is 29.8 Å². The number of aromatic amines is 1. The molecule has 2 aromatic carbocycles. The first kappa shape index (κ1) is 15.0. The SMILES string of the molecule is COc1cccc(Oc2ccc(-c3cncc4[nH]nc(N)c34)cc2)c1. The molecule has 4 rings (SSSR count). The average molecular weight is 332 g/mol. The first-order valence-electron chi connectivity index (χ1n) is 7.74. The molecule has 0 saturated carbocycles. The number of H-pyrrole nitrogens is 1. The van der Waals surface area contributed by atoms with Crippen LogP contribution in [-0.2, 0) is 0 Å². The van der Waals surface area contributed by atoms with Crippen molar-refractivity contribution in [3.63, 3.8) is 0 Å². The van der Waals surface area contributed by atoms with E-state index < -0.39 is 0 Å². The quantitative estimate of drug-likeness (QED) is 0.590. The molecule has 0 aliphatic heterocycles. The Labute approximate surface area is 144 Å². The fourth-order valence-corrected chi connectivity index (χ4v) is 2.72. The van der Waals surface area contributed by atoms with E-state index in [1.54, 1.807) is 19.5 Å². The van der Waals surface area contributed by atoms with Crippen molar-refractivity contribution in [3.8, 4) is 28.4 Å². The van der Waals surface area contributed by atoms with Gasteiger partial charge in [-0.25, -0.2) is 0 Å². The summed E-state index contributed by atoms with van der Waals surface area (Å²) in [6, 6.07) is 15.2. The van der Waals surface area contributed by atoms with Gasteiger partial charge in [0.15, 0.2) is 5.82 Å². The van der Waals surface area contributed by atoms with E-state index in [-0.39, 0.29) is 0 Å². The van der Waals surface area contributed by atoms with Crippen molar-refractivity contribution in [1.82, 2.24) is 15.2 Å². The standard InChI is InChI=1S/C19H16N4O2/c1-24-14-3-2-4-15(9-14)25-13-7-5-12(6-8-13)16-10-21-11-17-18(16)19(20)23-22-17/h2-11H,1H3,(H3,20,22,23). The third-order valence-corrected chi connectivity index (χ3v) is 3.94. The molecule has 0 unspecified atom stereocenters. The fraction of sp³-hybridized carbons (Fsp3) is 0.0526. The van der Waals surface area contributed by atoms with Gasteiger partial charge in [0.05, 0.1) is 24.2 Å². The number of methoxy groups -OCH3 is 1. The monoisotopic (exact) mass is 332 g/mol. The third-order valence-electron chi connectivity index (χ3n) is 3.94. The predicted molar refractivity (Wildman–Crippen MR) is 96.8 cm³/mol. The summed E-state index contributed by atoms with van der Waals surface area (Å²) in [5, 5.41) is 7.80. The molecule has 2 heterocycles. The van der Waals surface area contributed by atoms with Gasteiger partial charge in [0.25, 0.3) is 0 Å². The zero-order chi connectivity index (χ0) is 17.2. The maximum absolute atomic E-state index is 5.97. The minimum atomic E-state index is 0.462. The number of rotatable bonds is 4. The van der Waals surface area contributed by atoms with Crippen molar-refractivity contribution in [1.29, 1.82) is 0 Å². The van der Waals surface area contributed by atoms with Crippen molar-refractivity contribution in [2.75, 3.05) is 12.8 Å². The highest BCUT2D eigenvalue weighted by atomic mass is 16.5. The minimum Gasteiger partial charge on any atom is -0.497 e. The second-order valence-corrected chi connectivity index (χ2v) is 5.52. The molecule has 3 N–H and O–H groups in total. The molecule has 124 valence electrons. The number of nitrogens with one attached hydrogen (secondary N) is 1. The van der Waals surface area contributed by atoms with Crippen LogP contribution >= 0.6 is 0 Å². The lowest BCUT2D eigenvalue weighted by atomic mass is 10.0. The molecular weight excluding hydrogens is 316 g/mol.